The third kappa shape index (κ3) is 1.90. The van der Waals surface area contributed by atoms with Gasteiger partial charge in [-0.3, -0.25) is 0 Å². The predicted molar refractivity (Wildman–Crippen MR) is 69.7 cm³/mol. The summed E-state index contributed by atoms with van der Waals surface area (Å²) in [4.78, 5) is 2.29. The Morgan fingerprint density at radius 1 is 1.39 bits per heavy atom. The normalized spacial score (nSPS) is 26.5. The van der Waals surface area contributed by atoms with E-state index in [-0.39, 0.29) is 0 Å². The van der Waals surface area contributed by atoms with E-state index >= 15 is 0 Å². The Morgan fingerprint density at radius 3 is 2.67 bits per heavy atom. The molecule has 2 unspecified atom stereocenters. The fourth-order valence-electron chi connectivity index (χ4n) is 2.73. The van der Waals surface area contributed by atoms with Gasteiger partial charge in [-0.2, -0.15) is 0 Å². The number of anilines is 2. The quantitative estimate of drug-likeness (QED) is 0.633. The number of hydrogen-bond donors (Lipinski definition) is 1. The summed E-state index contributed by atoms with van der Waals surface area (Å²) in [7, 11) is 1.74. The Bertz CT molecular complexity index is 439. The molecule has 6 nitrogen and oxygen atoms in total. The van der Waals surface area contributed by atoms with E-state index in [0.29, 0.717) is 22.9 Å². The molecule has 3 heterocycles. The first-order valence-electron chi connectivity index (χ1n) is 6.04. The lowest BCUT2D eigenvalue weighted by Gasteiger charge is -2.35. The standard InChI is InChI=1S/C11H16ClN5O/c1-16(13)9-4-10(14-15-11(9)12)17-7-2-3-8(17)6-18-5-7/h4,7-8H,2-3,5-6,13H2,1H3. The highest BCUT2D eigenvalue weighted by atomic mass is 35.5. The molecule has 2 saturated heterocycles. The molecule has 3 rings (SSSR count). The number of nitrogens with two attached hydrogens (primary N) is 1. The first-order valence-corrected chi connectivity index (χ1v) is 6.42. The van der Waals surface area contributed by atoms with E-state index in [4.69, 9.17) is 22.2 Å². The number of hydrogen-bond acceptors (Lipinski definition) is 6. The molecule has 0 amide bonds. The summed E-state index contributed by atoms with van der Waals surface area (Å²) in [6, 6.07) is 2.69. The van der Waals surface area contributed by atoms with Gasteiger partial charge < -0.3 is 14.6 Å². The van der Waals surface area contributed by atoms with E-state index in [1.807, 2.05) is 6.07 Å². The van der Waals surface area contributed by atoms with Gasteiger partial charge in [-0.15, -0.1) is 10.2 Å². The highest BCUT2D eigenvalue weighted by Gasteiger charge is 2.38. The van der Waals surface area contributed by atoms with Crippen LogP contribution in [0.1, 0.15) is 12.8 Å². The molecular formula is C11H16ClN5O. The molecule has 0 saturated carbocycles. The molecule has 2 aliphatic heterocycles. The molecule has 2 aliphatic rings. The topological polar surface area (TPSA) is 67.5 Å². The minimum Gasteiger partial charge on any atom is -0.377 e. The van der Waals surface area contributed by atoms with Crippen LogP contribution in [-0.2, 0) is 4.74 Å². The van der Waals surface area contributed by atoms with Crippen LogP contribution in [0.25, 0.3) is 0 Å². The summed E-state index contributed by atoms with van der Waals surface area (Å²) in [6.07, 6.45) is 2.28. The van der Waals surface area contributed by atoms with Crippen molar-refractivity contribution in [2.75, 3.05) is 30.2 Å². The van der Waals surface area contributed by atoms with Gasteiger partial charge in [0.05, 0.1) is 31.0 Å². The molecule has 2 N–H and O–H groups in total. The number of morpholine rings is 1. The maximum Gasteiger partial charge on any atom is 0.176 e. The van der Waals surface area contributed by atoms with Gasteiger partial charge in [0.2, 0.25) is 0 Å². The van der Waals surface area contributed by atoms with Crippen LogP contribution in [0.3, 0.4) is 0 Å². The van der Waals surface area contributed by atoms with Crippen LogP contribution in [-0.4, -0.2) is 42.5 Å². The molecule has 7 heteroatoms. The zero-order chi connectivity index (χ0) is 12.7. The van der Waals surface area contributed by atoms with Gasteiger partial charge in [-0.1, -0.05) is 11.6 Å². The second kappa shape index (κ2) is 4.53. The number of fused-ring (bicyclic) bond motifs is 2. The van der Waals surface area contributed by atoms with E-state index in [0.717, 1.165) is 31.9 Å². The molecular weight excluding hydrogens is 254 g/mol. The van der Waals surface area contributed by atoms with Crippen LogP contribution in [0.5, 0.6) is 0 Å². The maximum atomic E-state index is 5.98. The van der Waals surface area contributed by atoms with Crippen molar-refractivity contribution in [3.63, 3.8) is 0 Å². The monoisotopic (exact) mass is 269 g/mol. The Labute approximate surface area is 111 Å². The molecule has 0 radical (unpaired) electrons. The smallest absolute Gasteiger partial charge is 0.176 e. The molecule has 1 aromatic rings. The van der Waals surface area contributed by atoms with Crippen molar-refractivity contribution < 1.29 is 4.74 Å². The average molecular weight is 270 g/mol. The second-order valence-electron chi connectivity index (χ2n) is 4.82. The van der Waals surface area contributed by atoms with Crippen LogP contribution in [0.2, 0.25) is 5.15 Å². The largest absolute Gasteiger partial charge is 0.377 e. The highest BCUT2D eigenvalue weighted by Crippen LogP contribution is 2.34. The number of nitrogens with zero attached hydrogens (tertiary/aromatic N) is 4. The number of hydrazine groups is 1. The number of ether oxygens (including phenoxy) is 1. The maximum absolute atomic E-state index is 5.98. The van der Waals surface area contributed by atoms with Crippen LogP contribution < -0.4 is 15.8 Å². The number of rotatable bonds is 2. The lowest BCUT2D eigenvalue weighted by atomic mass is 10.2. The van der Waals surface area contributed by atoms with Gasteiger partial charge >= 0.3 is 0 Å². The first kappa shape index (κ1) is 12.0. The van der Waals surface area contributed by atoms with Gasteiger partial charge in [0.1, 0.15) is 0 Å². The van der Waals surface area contributed by atoms with E-state index in [9.17, 15) is 0 Å². The van der Waals surface area contributed by atoms with Gasteiger partial charge in [0.25, 0.3) is 0 Å². The lowest BCUT2D eigenvalue weighted by molar-refractivity contribution is 0.0901. The summed E-state index contributed by atoms with van der Waals surface area (Å²) in [5, 5.41) is 9.96. The van der Waals surface area contributed by atoms with Crippen molar-refractivity contribution >= 4 is 23.1 Å². The van der Waals surface area contributed by atoms with E-state index in [2.05, 4.69) is 15.1 Å². The van der Waals surface area contributed by atoms with Crippen LogP contribution in [0.4, 0.5) is 11.5 Å². The van der Waals surface area contributed by atoms with Gasteiger partial charge in [-0.25, -0.2) is 5.84 Å². The van der Waals surface area contributed by atoms with Gasteiger partial charge in [-0.05, 0) is 12.8 Å². The summed E-state index contributed by atoms with van der Waals surface area (Å²) < 4.78 is 5.56. The second-order valence-corrected chi connectivity index (χ2v) is 5.18. The van der Waals surface area contributed by atoms with E-state index in [1.54, 1.807) is 7.05 Å². The van der Waals surface area contributed by atoms with Crippen LogP contribution >= 0.6 is 11.6 Å². The number of aromatic nitrogens is 2. The molecule has 0 spiro atoms. The lowest BCUT2D eigenvalue weighted by Crippen LogP contribution is -2.46. The van der Waals surface area contributed by atoms with Crippen molar-refractivity contribution in [1.82, 2.24) is 10.2 Å². The Kier molecular flexibility index (Phi) is 3.01. The highest BCUT2D eigenvalue weighted by molar-refractivity contribution is 6.31. The molecule has 1 aromatic heterocycles. The summed E-state index contributed by atoms with van der Waals surface area (Å²) >= 11 is 5.98. The molecule has 18 heavy (non-hydrogen) atoms. The predicted octanol–water partition coefficient (Wildman–Crippen LogP) is 0.807. The summed E-state index contributed by atoms with van der Waals surface area (Å²) in [5.74, 6) is 6.57. The van der Waals surface area contributed by atoms with E-state index in [1.165, 1.54) is 5.01 Å². The average Bonchev–Trinajstić information content (AvgIpc) is 2.60. The molecule has 98 valence electrons. The Hall–Kier alpha value is -1.11. The van der Waals surface area contributed by atoms with Crippen molar-refractivity contribution in [2.45, 2.75) is 24.9 Å². The third-order valence-electron chi connectivity index (χ3n) is 3.60. The summed E-state index contributed by atoms with van der Waals surface area (Å²) in [6.45, 7) is 1.52. The van der Waals surface area contributed by atoms with Gasteiger partial charge in [0, 0.05) is 13.1 Å². The molecule has 2 fully saturated rings. The van der Waals surface area contributed by atoms with Crippen molar-refractivity contribution in [1.29, 1.82) is 0 Å². The number of halogens is 1. The Morgan fingerprint density at radius 2 is 2.06 bits per heavy atom. The zero-order valence-electron chi connectivity index (χ0n) is 10.2. The fraction of sp³-hybridized carbons (Fsp3) is 0.636. The zero-order valence-corrected chi connectivity index (χ0v) is 11.0. The fourth-order valence-corrected chi connectivity index (χ4v) is 2.96. The van der Waals surface area contributed by atoms with Crippen LogP contribution in [0.15, 0.2) is 6.07 Å². The third-order valence-corrected chi connectivity index (χ3v) is 3.87. The van der Waals surface area contributed by atoms with Gasteiger partial charge in [0.15, 0.2) is 11.0 Å². The minimum absolute atomic E-state index is 0.323. The first-order chi connectivity index (χ1) is 8.66. The molecule has 2 bridgehead atoms. The molecule has 2 atom stereocenters. The minimum atomic E-state index is 0.323. The summed E-state index contributed by atoms with van der Waals surface area (Å²) in [5.41, 5.74) is 0.688. The Balaban J connectivity index is 1.95. The van der Waals surface area contributed by atoms with Crippen molar-refractivity contribution in [2.24, 2.45) is 5.84 Å². The SMILES string of the molecule is CN(N)c1cc(N2C3CCC2COC3)nnc1Cl. The molecule has 0 aliphatic carbocycles. The molecule has 0 aromatic carbocycles. The van der Waals surface area contributed by atoms with Crippen molar-refractivity contribution in [3.05, 3.63) is 11.2 Å². The van der Waals surface area contributed by atoms with Crippen molar-refractivity contribution in [3.8, 4) is 0 Å². The van der Waals surface area contributed by atoms with Crippen LogP contribution in [0, 0.1) is 0 Å². The van der Waals surface area contributed by atoms with E-state index < -0.39 is 0 Å².